The van der Waals surface area contributed by atoms with E-state index in [0.717, 1.165) is 38.3 Å². The fraction of sp³-hybridized carbons (Fsp3) is 0.700. The number of nitrogens with one attached hydrogen (secondary N) is 1. The zero-order chi connectivity index (χ0) is 20.0. The number of amides is 1. The first kappa shape index (κ1) is 21.1. The lowest BCUT2D eigenvalue weighted by atomic mass is 10.0. The van der Waals surface area contributed by atoms with Crippen LogP contribution >= 0.6 is 0 Å². The number of piperidine rings is 1. The molecule has 7 nitrogen and oxygen atoms in total. The van der Waals surface area contributed by atoms with Gasteiger partial charge in [0.25, 0.3) is 0 Å². The van der Waals surface area contributed by atoms with Gasteiger partial charge in [0.2, 0.25) is 0 Å². The number of hydrogen-bond acceptors (Lipinski definition) is 3. The van der Waals surface area contributed by atoms with Crippen molar-refractivity contribution in [2.75, 3.05) is 27.2 Å². The molecule has 1 aromatic heterocycles. The number of likely N-dealkylation sites (tertiary alicyclic amines) is 1. The molecule has 0 bridgehead atoms. The predicted molar refractivity (Wildman–Crippen MR) is 109 cm³/mol. The molecular weight excluding hydrogens is 342 g/mol. The van der Waals surface area contributed by atoms with Crippen LogP contribution in [0, 0.1) is 0 Å². The third-order valence-electron chi connectivity index (χ3n) is 4.77. The molecular formula is C20H35N5O2. The van der Waals surface area contributed by atoms with E-state index in [1.165, 1.54) is 5.69 Å². The lowest BCUT2D eigenvalue weighted by Gasteiger charge is -2.37. The Morgan fingerprint density at radius 2 is 2.15 bits per heavy atom. The van der Waals surface area contributed by atoms with Crippen LogP contribution in [0.4, 0.5) is 4.79 Å². The van der Waals surface area contributed by atoms with Crippen LogP contribution in [0.25, 0.3) is 0 Å². The zero-order valence-corrected chi connectivity index (χ0v) is 17.7. The quantitative estimate of drug-likeness (QED) is 0.647. The summed E-state index contributed by atoms with van der Waals surface area (Å²) in [7, 11) is 5.85. The Hall–Kier alpha value is -2.18. The van der Waals surface area contributed by atoms with E-state index >= 15 is 0 Å². The first-order chi connectivity index (χ1) is 12.7. The summed E-state index contributed by atoms with van der Waals surface area (Å²) in [6.45, 7) is 7.90. The number of hydrogen-bond donors (Lipinski definition) is 1. The highest BCUT2D eigenvalue weighted by molar-refractivity contribution is 5.79. The summed E-state index contributed by atoms with van der Waals surface area (Å²) in [5, 5.41) is 3.44. The lowest BCUT2D eigenvalue weighted by Crippen LogP contribution is -2.52. The highest BCUT2D eigenvalue weighted by Crippen LogP contribution is 2.20. The largest absolute Gasteiger partial charge is 0.444 e. The number of rotatable bonds is 4. The SMILES string of the molecule is CN=C(NCC1CCCCN1C(=O)OC(C)(C)C)N(C)Cc1cccn1C. The van der Waals surface area contributed by atoms with Crippen LogP contribution in [0.2, 0.25) is 0 Å². The van der Waals surface area contributed by atoms with Gasteiger partial charge in [-0.1, -0.05) is 0 Å². The Bertz CT molecular complexity index is 647. The van der Waals surface area contributed by atoms with Crippen LogP contribution in [-0.4, -0.2) is 65.2 Å². The van der Waals surface area contributed by atoms with Crippen molar-refractivity contribution in [1.82, 2.24) is 19.7 Å². The topological polar surface area (TPSA) is 62.1 Å². The van der Waals surface area contributed by atoms with E-state index in [-0.39, 0.29) is 12.1 Å². The smallest absolute Gasteiger partial charge is 0.410 e. The molecule has 1 amide bonds. The highest BCUT2D eigenvalue weighted by Gasteiger charge is 2.30. The predicted octanol–water partition coefficient (Wildman–Crippen LogP) is 2.82. The maximum Gasteiger partial charge on any atom is 0.410 e. The van der Waals surface area contributed by atoms with Gasteiger partial charge in [-0.3, -0.25) is 4.99 Å². The molecule has 0 saturated carbocycles. The Balaban J connectivity index is 1.94. The summed E-state index contributed by atoms with van der Waals surface area (Å²) < 4.78 is 7.69. The minimum absolute atomic E-state index is 0.119. The second-order valence-corrected chi connectivity index (χ2v) is 8.22. The maximum absolute atomic E-state index is 12.6. The Kier molecular flexibility index (Phi) is 7.16. The van der Waals surface area contributed by atoms with Crippen LogP contribution in [0.5, 0.6) is 0 Å². The van der Waals surface area contributed by atoms with E-state index in [9.17, 15) is 4.79 Å². The summed E-state index contributed by atoms with van der Waals surface area (Å²) >= 11 is 0. The first-order valence-corrected chi connectivity index (χ1v) is 9.73. The number of guanidine groups is 1. The van der Waals surface area contributed by atoms with Crippen molar-refractivity contribution in [3.63, 3.8) is 0 Å². The monoisotopic (exact) mass is 377 g/mol. The number of ether oxygens (including phenoxy) is 1. The van der Waals surface area contributed by atoms with Gasteiger partial charge in [0.15, 0.2) is 5.96 Å². The summed E-state index contributed by atoms with van der Waals surface area (Å²) in [6, 6.07) is 4.27. The van der Waals surface area contributed by atoms with Crippen LogP contribution in [0.15, 0.2) is 23.3 Å². The van der Waals surface area contributed by atoms with E-state index < -0.39 is 5.60 Å². The molecule has 1 saturated heterocycles. The average molecular weight is 378 g/mol. The van der Waals surface area contributed by atoms with Gasteiger partial charge in [-0.25, -0.2) is 4.79 Å². The molecule has 1 aromatic rings. The Labute approximate surface area is 163 Å². The number of aryl methyl sites for hydroxylation is 1. The van der Waals surface area contributed by atoms with E-state index in [1.54, 1.807) is 7.05 Å². The van der Waals surface area contributed by atoms with Crippen molar-refractivity contribution >= 4 is 12.1 Å². The molecule has 7 heteroatoms. The number of aliphatic imine (C=N–C) groups is 1. The summed E-state index contributed by atoms with van der Waals surface area (Å²) in [6.07, 6.45) is 4.95. The molecule has 1 fully saturated rings. The van der Waals surface area contributed by atoms with E-state index in [4.69, 9.17) is 4.74 Å². The van der Waals surface area contributed by atoms with Crippen LogP contribution in [-0.2, 0) is 18.3 Å². The van der Waals surface area contributed by atoms with Crippen molar-refractivity contribution in [3.8, 4) is 0 Å². The molecule has 152 valence electrons. The molecule has 1 N–H and O–H groups in total. The molecule has 1 unspecified atom stereocenters. The van der Waals surface area contributed by atoms with Crippen LogP contribution < -0.4 is 5.32 Å². The van der Waals surface area contributed by atoms with Gasteiger partial charge >= 0.3 is 6.09 Å². The molecule has 1 aliphatic rings. The molecule has 0 spiro atoms. The van der Waals surface area contributed by atoms with Crippen LogP contribution in [0.3, 0.4) is 0 Å². The fourth-order valence-electron chi connectivity index (χ4n) is 3.35. The minimum Gasteiger partial charge on any atom is -0.444 e. The van der Waals surface area contributed by atoms with E-state index in [2.05, 4.69) is 25.8 Å². The number of aromatic nitrogens is 1. The highest BCUT2D eigenvalue weighted by atomic mass is 16.6. The molecule has 2 heterocycles. The second kappa shape index (κ2) is 9.15. The number of nitrogens with zero attached hydrogens (tertiary/aromatic N) is 4. The van der Waals surface area contributed by atoms with Crippen molar-refractivity contribution in [3.05, 3.63) is 24.0 Å². The van der Waals surface area contributed by atoms with Crippen molar-refractivity contribution in [2.24, 2.45) is 12.0 Å². The second-order valence-electron chi connectivity index (χ2n) is 8.22. The molecule has 2 rings (SSSR count). The fourth-order valence-corrected chi connectivity index (χ4v) is 3.35. The van der Waals surface area contributed by atoms with Gasteiger partial charge in [-0.15, -0.1) is 0 Å². The van der Waals surface area contributed by atoms with E-state index in [1.807, 2.05) is 52.0 Å². The van der Waals surface area contributed by atoms with Crippen molar-refractivity contribution in [1.29, 1.82) is 0 Å². The molecule has 0 aliphatic carbocycles. The number of carbonyl (C=O) groups excluding carboxylic acids is 1. The normalized spacial score (nSPS) is 18.4. The van der Waals surface area contributed by atoms with E-state index in [0.29, 0.717) is 6.54 Å². The Morgan fingerprint density at radius 3 is 2.74 bits per heavy atom. The van der Waals surface area contributed by atoms with Gasteiger partial charge in [-0.05, 0) is 52.2 Å². The van der Waals surface area contributed by atoms with Gasteiger partial charge in [0.05, 0.1) is 12.6 Å². The van der Waals surface area contributed by atoms with Gasteiger partial charge in [0, 0.05) is 46.1 Å². The van der Waals surface area contributed by atoms with Crippen molar-refractivity contribution in [2.45, 2.75) is 58.2 Å². The van der Waals surface area contributed by atoms with Gasteiger partial charge < -0.3 is 24.4 Å². The first-order valence-electron chi connectivity index (χ1n) is 9.73. The Morgan fingerprint density at radius 1 is 1.41 bits per heavy atom. The minimum atomic E-state index is -0.474. The third kappa shape index (κ3) is 6.19. The van der Waals surface area contributed by atoms with Crippen molar-refractivity contribution < 1.29 is 9.53 Å². The molecule has 0 aromatic carbocycles. The average Bonchev–Trinajstić information content (AvgIpc) is 2.99. The third-order valence-corrected chi connectivity index (χ3v) is 4.77. The lowest BCUT2D eigenvalue weighted by molar-refractivity contribution is 0.0104. The van der Waals surface area contributed by atoms with Gasteiger partial charge in [0.1, 0.15) is 5.60 Å². The molecule has 1 aliphatic heterocycles. The summed E-state index contributed by atoms with van der Waals surface area (Å²) in [5.41, 5.74) is 0.742. The standard InChI is InChI=1S/C20H35N5O2/c1-20(2,3)27-19(26)25-13-8-7-10-16(25)14-22-18(21-4)24(6)15-17-11-9-12-23(17)5/h9,11-12,16H,7-8,10,13-15H2,1-6H3,(H,21,22). The molecule has 0 radical (unpaired) electrons. The summed E-state index contributed by atoms with van der Waals surface area (Å²) in [4.78, 5) is 20.9. The maximum atomic E-state index is 12.6. The van der Waals surface area contributed by atoms with Gasteiger partial charge in [-0.2, -0.15) is 0 Å². The number of carbonyl (C=O) groups is 1. The molecule has 1 atom stereocenters. The van der Waals surface area contributed by atoms with Crippen LogP contribution in [0.1, 0.15) is 45.7 Å². The molecule has 27 heavy (non-hydrogen) atoms. The summed E-state index contributed by atoms with van der Waals surface area (Å²) in [5.74, 6) is 0.825. The zero-order valence-electron chi connectivity index (χ0n) is 17.7.